The molecule has 0 spiro atoms. The molecule has 30 heavy (non-hydrogen) atoms. The number of carbonyl (C=O) groups is 2. The number of nitrogens with one attached hydrogen (secondary N) is 1. The third-order valence-corrected chi connectivity index (χ3v) is 4.94. The van der Waals surface area contributed by atoms with Crippen molar-refractivity contribution in [1.82, 2.24) is 5.32 Å². The summed E-state index contributed by atoms with van der Waals surface area (Å²) >= 11 is 0. The van der Waals surface area contributed by atoms with Gasteiger partial charge in [-0.1, -0.05) is 36.4 Å². The topological polar surface area (TPSA) is 119 Å². The second kappa shape index (κ2) is 10.7. The summed E-state index contributed by atoms with van der Waals surface area (Å²) in [5.41, 5.74) is 1.58. The van der Waals surface area contributed by atoms with E-state index in [2.05, 4.69) is 5.32 Å². The van der Waals surface area contributed by atoms with E-state index >= 15 is 0 Å². The quantitative estimate of drug-likeness (QED) is 0.435. The summed E-state index contributed by atoms with van der Waals surface area (Å²) in [5, 5.41) is 2.52. The number of hydrogen-bond donors (Lipinski definition) is 2. The fourth-order valence-corrected chi connectivity index (χ4v) is 3.41. The van der Waals surface area contributed by atoms with Crippen molar-refractivity contribution in [1.29, 1.82) is 0 Å². The lowest BCUT2D eigenvalue weighted by molar-refractivity contribution is -0.145. The van der Waals surface area contributed by atoms with Crippen LogP contribution in [0.15, 0.2) is 48.5 Å². The van der Waals surface area contributed by atoms with E-state index in [1.807, 2.05) is 25.1 Å². The Labute approximate surface area is 176 Å². The van der Waals surface area contributed by atoms with Crippen molar-refractivity contribution in [2.75, 3.05) is 19.0 Å². The maximum atomic E-state index is 13.0. The average molecular weight is 435 g/mol. The summed E-state index contributed by atoms with van der Waals surface area (Å²) < 4.78 is 41.7. The summed E-state index contributed by atoms with van der Waals surface area (Å²) in [5.74, 6) is -1.44. The van der Waals surface area contributed by atoms with Crippen molar-refractivity contribution >= 4 is 22.0 Å². The van der Waals surface area contributed by atoms with Crippen LogP contribution in [0, 0.1) is 0 Å². The molecule has 0 heterocycles. The van der Waals surface area contributed by atoms with E-state index in [-0.39, 0.29) is 18.6 Å². The van der Waals surface area contributed by atoms with Crippen molar-refractivity contribution in [3.05, 3.63) is 54.1 Å². The molecule has 0 saturated heterocycles. The smallest absolute Gasteiger partial charge is 0.328 e. The Balaban J connectivity index is 2.35. The Morgan fingerprint density at radius 2 is 1.63 bits per heavy atom. The first-order valence-corrected chi connectivity index (χ1v) is 11.1. The minimum Gasteiger partial charge on any atom is -0.493 e. The van der Waals surface area contributed by atoms with Crippen LogP contribution in [0.25, 0.3) is 11.1 Å². The third-order valence-electron chi connectivity index (χ3n) is 4.19. The first kappa shape index (κ1) is 23.4. The van der Waals surface area contributed by atoms with Crippen LogP contribution < -0.4 is 10.1 Å². The highest BCUT2D eigenvalue weighted by molar-refractivity contribution is 7.85. The highest BCUT2D eigenvalue weighted by Gasteiger charge is 2.26. The molecule has 0 aliphatic rings. The maximum Gasteiger partial charge on any atom is 0.328 e. The molecule has 162 valence electrons. The zero-order valence-electron chi connectivity index (χ0n) is 16.8. The van der Waals surface area contributed by atoms with Crippen LogP contribution in [0.2, 0.25) is 0 Å². The normalized spacial score (nSPS) is 12.1. The summed E-state index contributed by atoms with van der Waals surface area (Å²) in [6.07, 6.45) is -0.318. The Kier molecular flexibility index (Phi) is 8.37. The number of benzene rings is 2. The molecule has 2 aromatic rings. The first-order valence-electron chi connectivity index (χ1n) is 9.50. The van der Waals surface area contributed by atoms with E-state index in [1.165, 1.54) is 0 Å². The SMILES string of the molecule is CCOC(=O)[C@H](CCS(=O)(=O)O)NC(=O)c1ccccc1-c1ccccc1OCC. The molecule has 8 nitrogen and oxygen atoms in total. The third kappa shape index (κ3) is 6.57. The standard InChI is InChI=1S/C21H25NO7S/c1-3-28-19-12-8-7-10-16(19)15-9-5-6-11-17(15)20(23)22-18(21(24)29-4-2)13-14-30(25,26)27/h5-12,18H,3-4,13-14H2,1-2H3,(H,22,23)(H,25,26,27)/t18-/m0/s1. The minimum atomic E-state index is -4.31. The van der Waals surface area contributed by atoms with Gasteiger partial charge in [0.25, 0.3) is 16.0 Å². The molecule has 0 aromatic heterocycles. The molecule has 0 fully saturated rings. The highest BCUT2D eigenvalue weighted by Crippen LogP contribution is 2.32. The van der Waals surface area contributed by atoms with Crippen molar-refractivity contribution in [3.8, 4) is 16.9 Å². The largest absolute Gasteiger partial charge is 0.493 e. The lowest BCUT2D eigenvalue weighted by Crippen LogP contribution is -2.43. The first-order chi connectivity index (χ1) is 14.3. The Bertz CT molecular complexity index is 988. The molecule has 0 bridgehead atoms. The van der Waals surface area contributed by atoms with Gasteiger partial charge in [0, 0.05) is 11.1 Å². The lowest BCUT2D eigenvalue weighted by atomic mass is 9.98. The molecule has 0 aliphatic carbocycles. The number of rotatable bonds is 10. The van der Waals surface area contributed by atoms with Gasteiger partial charge in [0.15, 0.2) is 0 Å². The zero-order valence-corrected chi connectivity index (χ0v) is 17.6. The molecule has 2 rings (SSSR count). The van der Waals surface area contributed by atoms with Crippen molar-refractivity contribution in [2.24, 2.45) is 0 Å². The van der Waals surface area contributed by atoms with Gasteiger partial charge in [-0.3, -0.25) is 9.35 Å². The number of esters is 1. The van der Waals surface area contributed by atoms with Gasteiger partial charge in [-0.05, 0) is 38.0 Å². The monoisotopic (exact) mass is 435 g/mol. The van der Waals surface area contributed by atoms with Gasteiger partial charge in [-0.2, -0.15) is 8.42 Å². The number of amides is 1. The van der Waals surface area contributed by atoms with Crippen LogP contribution in [0.3, 0.4) is 0 Å². The Morgan fingerprint density at radius 3 is 2.27 bits per heavy atom. The van der Waals surface area contributed by atoms with Gasteiger partial charge in [0.1, 0.15) is 11.8 Å². The fraction of sp³-hybridized carbons (Fsp3) is 0.333. The molecule has 9 heteroatoms. The van der Waals surface area contributed by atoms with Crippen LogP contribution in [0.4, 0.5) is 0 Å². The second-order valence-electron chi connectivity index (χ2n) is 6.33. The van der Waals surface area contributed by atoms with Crippen molar-refractivity contribution < 1.29 is 32.0 Å². The van der Waals surface area contributed by atoms with Gasteiger partial charge in [-0.25, -0.2) is 4.79 Å². The molecular formula is C21H25NO7S. The predicted octanol–water partition coefficient (Wildman–Crippen LogP) is 2.69. The molecule has 1 atom stereocenters. The summed E-state index contributed by atoms with van der Waals surface area (Å²) in [6.45, 7) is 3.97. The molecule has 0 unspecified atom stereocenters. The van der Waals surface area contributed by atoms with Crippen molar-refractivity contribution in [3.63, 3.8) is 0 Å². The molecule has 0 saturated carbocycles. The van der Waals surface area contributed by atoms with E-state index in [0.717, 1.165) is 0 Å². The second-order valence-corrected chi connectivity index (χ2v) is 7.90. The summed E-state index contributed by atoms with van der Waals surface area (Å²) in [7, 11) is -4.31. The van der Waals surface area contributed by atoms with E-state index in [9.17, 15) is 18.0 Å². The molecule has 2 aromatic carbocycles. The average Bonchev–Trinajstić information content (AvgIpc) is 2.71. The Morgan fingerprint density at radius 1 is 1.00 bits per heavy atom. The van der Waals surface area contributed by atoms with Crippen LogP contribution in [-0.4, -0.2) is 49.9 Å². The van der Waals surface area contributed by atoms with E-state index < -0.39 is 33.8 Å². The molecule has 0 aliphatic heterocycles. The van der Waals surface area contributed by atoms with Gasteiger partial charge in [0.05, 0.1) is 19.0 Å². The summed E-state index contributed by atoms with van der Waals surface area (Å²) in [4.78, 5) is 25.2. The predicted molar refractivity (Wildman–Crippen MR) is 112 cm³/mol. The number of carbonyl (C=O) groups excluding carboxylic acids is 2. The van der Waals surface area contributed by atoms with E-state index in [0.29, 0.717) is 23.5 Å². The molecule has 2 N–H and O–H groups in total. The van der Waals surface area contributed by atoms with E-state index in [4.69, 9.17) is 14.0 Å². The zero-order chi connectivity index (χ0) is 22.1. The Hall–Kier alpha value is -2.91. The number of ether oxygens (including phenoxy) is 2. The lowest BCUT2D eigenvalue weighted by Gasteiger charge is -2.18. The van der Waals surface area contributed by atoms with E-state index in [1.54, 1.807) is 37.3 Å². The molecule has 1 amide bonds. The fourth-order valence-electron chi connectivity index (χ4n) is 2.88. The molecule has 0 radical (unpaired) electrons. The number of hydrogen-bond acceptors (Lipinski definition) is 6. The van der Waals surface area contributed by atoms with Gasteiger partial charge >= 0.3 is 5.97 Å². The van der Waals surface area contributed by atoms with Crippen LogP contribution >= 0.6 is 0 Å². The minimum absolute atomic E-state index is 0.0649. The van der Waals surface area contributed by atoms with Gasteiger partial charge in [0.2, 0.25) is 0 Å². The number of para-hydroxylation sites is 1. The maximum absolute atomic E-state index is 13.0. The van der Waals surface area contributed by atoms with Crippen LogP contribution in [-0.2, 0) is 19.6 Å². The van der Waals surface area contributed by atoms with Gasteiger partial charge in [-0.15, -0.1) is 0 Å². The van der Waals surface area contributed by atoms with Crippen molar-refractivity contribution in [2.45, 2.75) is 26.3 Å². The van der Waals surface area contributed by atoms with Gasteiger partial charge < -0.3 is 14.8 Å². The highest BCUT2D eigenvalue weighted by atomic mass is 32.2. The summed E-state index contributed by atoms with van der Waals surface area (Å²) in [6, 6.07) is 12.8. The van der Waals surface area contributed by atoms with Crippen LogP contribution in [0.1, 0.15) is 30.6 Å². The molecular weight excluding hydrogens is 410 g/mol. The van der Waals surface area contributed by atoms with Crippen LogP contribution in [0.5, 0.6) is 5.75 Å².